The molecule has 2 aromatic rings. The van der Waals surface area contributed by atoms with E-state index >= 15 is 0 Å². The molecule has 26 heavy (non-hydrogen) atoms. The second-order valence-corrected chi connectivity index (χ2v) is 7.61. The summed E-state index contributed by atoms with van der Waals surface area (Å²) in [6.07, 6.45) is 0. The Bertz CT molecular complexity index is 926. The van der Waals surface area contributed by atoms with Crippen molar-refractivity contribution in [2.75, 3.05) is 19.4 Å². The van der Waals surface area contributed by atoms with Gasteiger partial charge in [0.2, 0.25) is 15.9 Å². The molecule has 0 radical (unpaired) electrons. The summed E-state index contributed by atoms with van der Waals surface area (Å²) < 4.78 is 26.0. The molecule has 0 heterocycles. The van der Waals surface area contributed by atoms with Gasteiger partial charge in [0.15, 0.2) is 0 Å². The predicted molar refractivity (Wildman–Crippen MR) is 99.2 cm³/mol. The SMILES string of the molecule is CNS(=O)(=O)c1cccc(C(=O)Nc2ccccc2CN(C)C(C)=O)c1. The lowest BCUT2D eigenvalue weighted by Gasteiger charge is -2.18. The molecule has 2 N–H and O–H groups in total. The summed E-state index contributed by atoms with van der Waals surface area (Å²) in [6, 6.07) is 12.9. The van der Waals surface area contributed by atoms with Gasteiger partial charge in [0.1, 0.15) is 0 Å². The Kier molecular flexibility index (Phi) is 6.12. The third kappa shape index (κ3) is 4.68. The minimum atomic E-state index is -3.63. The summed E-state index contributed by atoms with van der Waals surface area (Å²) in [7, 11) is -0.652. The molecule has 0 aromatic heterocycles. The highest BCUT2D eigenvalue weighted by Gasteiger charge is 2.15. The van der Waals surface area contributed by atoms with Crippen LogP contribution in [0.5, 0.6) is 0 Å². The van der Waals surface area contributed by atoms with Gasteiger partial charge < -0.3 is 10.2 Å². The van der Waals surface area contributed by atoms with Gasteiger partial charge in [-0.25, -0.2) is 13.1 Å². The molecule has 7 nitrogen and oxygen atoms in total. The van der Waals surface area contributed by atoms with Crippen LogP contribution in [0.1, 0.15) is 22.8 Å². The average Bonchev–Trinajstić information content (AvgIpc) is 2.63. The molecular formula is C18H21N3O4S. The number of anilines is 1. The topological polar surface area (TPSA) is 95.6 Å². The van der Waals surface area contributed by atoms with Crippen LogP contribution in [0.2, 0.25) is 0 Å². The van der Waals surface area contributed by atoms with Crippen LogP contribution in [0.25, 0.3) is 0 Å². The fraction of sp³-hybridized carbons (Fsp3) is 0.222. The van der Waals surface area contributed by atoms with Gasteiger partial charge in [-0.3, -0.25) is 9.59 Å². The Hall–Kier alpha value is -2.71. The number of carbonyl (C=O) groups is 2. The summed E-state index contributed by atoms with van der Waals surface area (Å²) in [5.74, 6) is -0.521. The van der Waals surface area contributed by atoms with E-state index in [2.05, 4.69) is 10.0 Å². The van der Waals surface area contributed by atoms with Crippen LogP contribution in [-0.4, -0.2) is 39.2 Å². The summed E-state index contributed by atoms with van der Waals surface area (Å²) in [6.45, 7) is 1.81. The van der Waals surface area contributed by atoms with E-state index in [1.807, 2.05) is 12.1 Å². The number of rotatable bonds is 6. The third-order valence-corrected chi connectivity index (χ3v) is 5.30. The largest absolute Gasteiger partial charge is 0.342 e. The van der Waals surface area contributed by atoms with Crippen molar-refractivity contribution in [3.05, 3.63) is 59.7 Å². The van der Waals surface area contributed by atoms with E-state index in [1.165, 1.54) is 43.1 Å². The number of nitrogens with zero attached hydrogens (tertiary/aromatic N) is 1. The lowest BCUT2D eigenvalue weighted by molar-refractivity contribution is -0.128. The van der Waals surface area contributed by atoms with Gasteiger partial charge in [0, 0.05) is 31.8 Å². The number of nitrogens with one attached hydrogen (secondary N) is 2. The first-order chi connectivity index (χ1) is 12.2. The summed E-state index contributed by atoms with van der Waals surface area (Å²) in [5, 5.41) is 2.78. The molecule has 2 amide bonds. The summed E-state index contributed by atoms with van der Waals surface area (Å²) in [4.78, 5) is 25.5. The Morgan fingerprint density at radius 3 is 2.42 bits per heavy atom. The van der Waals surface area contributed by atoms with E-state index in [9.17, 15) is 18.0 Å². The Balaban J connectivity index is 2.26. The minimum absolute atomic E-state index is 0.0113. The van der Waals surface area contributed by atoms with Crippen LogP contribution in [0, 0.1) is 0 Å². The molecule has 2 rings (SSSR count). The Labute approximate surface area is 153 Å². The number of hydrogen-bond acceptors (Lipinski definition) is 4. The Morgan fingerprint density at radius 2 is 1.77 bits per heavy atom. The van der Waals surface area contributed by atoms with Gasteiger partial charge in [-0.05, 0) is 36.9 Å². The maximum absolute atomic E-state index is 12.5. The van der Waals surface area contributed by atoms with Gasteiger partial charge in [-0.2, -0.15) is 0 Å². The maximum atomic E-state index is 12.5. The minimum Gasteiger partial charge on any atom is -0.342 e. The van der Waals surface area contributed by atoms with Crippen molar-refractivity contribution in [2.24, 2.45) is 0 Å². The third-order valence-electron chi connectivity index (χ3n) is 3.89. The van der Waals surface area contributed by atoms with Crippen LogP contribution in [0.3, 0.4) is 0 Å². The number of para-hydroxylation sites is 1. The maximum Gasteiger partial charge on any atom is 0.255 e. The average molecular weight is 375 g/mol. The molecule has 0 aliphatic carbocycles. The second-order valence-electron chi connectivity index (χ2n) is 5.72. The molecule has 0 fully saturated rings. The number of benzene rings is 2. The van der Waals surface area contributed by atoms with E-state index in [0.717, 1.165) is 5.56 Å². The molecule has 0 bridgehead atoms. The van der Waals surface area contributed by atoms with Crippen LogP contribution in [-0.2, 0) is 21.4 Å². The standard InChI is InChI=1S/C18H21N3O4S/c1-13(22)21(3)12-15-7-4-5-10-17(15)20-18(23)14-8-6-9-16(11-14)26(24,25)19-2/h4-11,19H,12H2,1-3H3,(H,20,23). The van der Waals surface area contributed by atoms with Gasteiger partial charge in [0.25, 0.3) is 5.91 Å². The molecule has 0 aliphatic rings. The van der Waals surface area contributed by atoms with Crippen molar-refractivity contribution in [2.45, 2.75) is 18.4 Å². The van der Waals surface area contributed by atoms with Crippen molar-refractivity contribution in [3.8, 4) is 0 Å². The van der Waals surface area contributed by atoms with Gasteiger partial charge >= 0.3 is 0 Å². The van der Waals surface area contributed by atoms with Crippen LogP contribution >= 0.6 is 0 Å². The second kappa shape index (κ2) is 8.11. The van der Waals surface area contributed by atoms with E-state index in [4.69, 9.17) is 0 Å². The highest BCUT2D eigenvalue weighted by molar-refractivity contribution is 7.89. The van der Waals surface area contributed by atoms with Crippen LogP contribution in [0.4, 0.5) is 5.69 Å². The van der Waals surface area contributed by atoms with E-state index in [-0.39, 0.29) is 16.4 Å². The molecule has 0 atom stereocenters. The van der Waals surface area contributed by atoms with Crippen molar-refractivity contribution < 1.29 is 18.0 Å². The zero-order valence-corrected chi connectivity index (χ0v) is 15.6. The number of amides is 2. The molecule has 138 valence electrons. The molecule has 0 saturated carbocycles. The lowest BCUT2D eigenvalue weighted by Crippen LogP contribution is -2.24. The highest BCUT2D eigenvalue weighted by atomic mass is 32.2. The fourth-order valence-electron chi connectivity index (χ4n) is 2.26. The van der Waals surface area contributed by atoms with Crippen LogP contribution < -0.4 is 10.0 Å². The van der Waals surface area contributed by atoms with Crippen molar-refractivity contribution in [1.29, 1.82) is 0 Å². The van der Waals surface area contributed by atoms with E-state index < -0.39 is 15.9 Å². The zero-order chi connectivity index (χ0) is 19.3. The molecule has 2 aromatic carbocycles. The monoisotopic (exact) mass is 375 g/mol. The van der Waals surface area contributed by atoms with Gasteiger partial charge in [0.05, 0.1) is 4.90 Å². The first-order valence-corrected chi connectivity index (χ1v) is 9.37. The summed E-state index contributed by atoms with van der Waals surface area (Å²) in [5.41, 5.74) is 1.56. The van der Waals surface area contributed by atoms with Gasteiger partial charge in [-0.1, -0.05) is 24.3 Å². The smallest absolute Gasteiger partial charge is 0.255 e. The highest BCUT2D eigenvalue weighted by Crippen LogP contribution is 2.19. The zero-order valence-electron chi connectivity index (χ0n) is 14.8. The van der Waals surface area contributed by atoms with E-state index in [1.54, 1.807) is 19.2 Å². The normalized spacial score (nSPS) is 11.0. The first-order valence-electron chi connectivity index (χ1n) is 7.89. The van der Waals surface area contributed by atoms with Crippen molar-refractivity contribution in [3.63, 3.8) is 0 Å². The predicted octanol–water partition coefficient (Wildman–Crippen LogP) is 1.83. The van der Waals surface area contributed by atoms with E-state index in [0.29, 0.717) is 12.2 Å². The molecule has 0 saturated heterocycles. The number of carbonyl (C=O) groups excluding carboxylic acids is 2. The fourth-order valence-corrected chi connectivity index (χ4v) is 3.04. The van der Waals surface area contributed by atoms with Crippen LogP contribution in [0.15, 0.2) is 53.4 Å². The Morgan fingerprint density at radius 1 is 1.08 bits per heavy atom. The number of hydrogen-bond donors (Lipinski definition) is 2. The molecule has 0 spiro atoms. The van der Waals surface area contributed by atoms with Gasteiger partial charge in [-0.15, -0.1) is 0 Å². The molecule has 0 unspecified atom stereocenters. The quantitative estimate of drug-likeness (QED) is 0.805. The molecule has 0 aliphatic heterocycles. The molecular weight excluding hydrogens is 354 g/mol. The first kappa shape index (κ1) is 19.6. The van der Waals surface area contributed by atoms with Crippen molar-refractivity contribution in [1.82, 2.24) is 9.62 Å². The molecule has 8 heteroatoms. The lowest BCUT2D eigenvalue weighted by atomic mass is 10.1. The summed E-state index contributed by atoms with van der Waals surface area (Å²) >= 11 is 0. The number of sulfonamides is 1. The van der Waals surface area contributed by atoms with Crippen molar-refractivity contribution >= 4 is 27.5 Å².